The number of hydrogen-bond acceptors (Lipinski definition) is 8. The largest absolute Gasteiger partial charge is 0.495 e. The van der Waals surface area contributed by atoms with Crippen LogP contribution in [0.15, 0.2) is 46.6 Å². The molecule has 0 amide bonds. The van der Waals surface area contributed by atoms with Crippen molar-refractivity contribution in [1.82, 2.24) is 10.3 Å². The fourth-order valence-electron chi connectivity index (χ4n) is 7.67. The molecule has 3 aliphatic rings. The molecule has 1 spiro atoms. The topological polar surface area (TPSA) is 109 Å². The molecule has 3 N–H and O–H groups in total. The van der Waals surface area contributed by atoms with Crippen molar-refractivity contribution in [3.05, 3.63) is 67.8 Å². The van der Waals surface area contributed by atoms with Gasteiger partial charge in [-0.2, -0.15) is 0 Å². The van der Waals surface area contributed by atoms with E-state index in [-0.39, 0.29) is 35.8 Å². The number of hydrogen-bond donors (Lipinski definition) is 3. The van der Waals surface area contributed by atoms with Crippen LogP contribution in [0, 0.1) is 16.0 Å². The molecule has 0 saturated heterocycles. The van der Waals surface area contributed by atoms with E-state index >= 15 is 0 Å². The lowest BCUT2D eigenvalue weighted by molar-refractivity contribution is -0.384. The first kappa shape index (κ1) is 33.5. The summed E-state index contributed by atoms with van der Waals surface area (Å²) in [4.78, 5) is 13.1. The summed E-state index contributed by atoms with van der Waals surface area (Å²) < 4.78 is 13.4. The van der Waals surface area contributed by atoms with Gasteiger partial charge in [-0.1, -0.05) is 65.2 Å². The number of nitrogens with one attached hydrogen (secondary N) is 2. The molecule has 2 heterocycles. The molecule has 10 heteroatoms. The third kappa shape index (κ3) is 7.13. The maximum absolute atomic E-state index is 11.0. The number of allylic oxidation sites excluding steroid dienone is 1. The van der Waals surface area contributed by atoms with Crippen molar-refractivity contribution in [3.63, 3.8) is 0 Å². The van der Waals surface area contributed by atoms with E-state index in [1.807, 2.05) is 0 Å². The molecule has 0 unspecified atom stereocenters. The molecule has 0 fully saturated rings. The number of ether oxygens (including phenoxy) is 2. The molecule has 0 aromatic heterocycles. The second kappa shape index (κ2) is 15.2. The van der Waals surface area contributed by atoms with Crippen molar-refractivity contribution >= 4 is 27.3 Å². The predicted molar refractivity (Wildman–Crippen MR) is 182 cm³/mol. The first-order chi connectivity index (χ1) is 21.8. The van der Waals surface area contributed by atoms with Gasteiger partial charge in [0.25, 0.3) is 5.69 Å². The number of nitro groups is 1. The summed E-state index contributed by atoms with van der Waals surface area (Å²) >= 11 is 3.80. The van der Waals surface area contributed by atoms with Gasteiger partial charge in [0.1, 0.15) is 22.1 Å². The number of rotatable bonds is 16. The van der Waals surface area contributed by atoms with Gasteiger partial charge >= 0.3 is 0 Å². The van der Waals surface area contributed by atoms with Crippen LogP contribution in [0.25, 0.3) is 0 Å². The molecular formula is C35H49BrN4O5. The van der Waals surface area contributed by atoms with E-state index in [9.17, 15) is 15.2 Å². The Labute approximate surface area is 276 Å². The number of aliphatic hydroxyl groups excluding tert-OH is 1. The lowest BCUT2D eigenvalue weighted by Crippen LogP contribution is -2.51. The summed E-state index contributed by atoms with van der Waals surface area (Å²) in [5.74, 6) is 1.83. The molecule has 0 bridgehead atoms. The summed E-state index contributed by atoms with van der Waals surface area (Å²) in [6.45, 7) is 6.38. The zero-order valence-corrected chi connectivity index (χ0v) is 28.5. The maximum atomic E-state index is 11.0. The van der Waals surface area contributed by atoms with E-state index in [0.717, 1.165) is 59.7 Å². The number of nitrogens with zero attached hydrogens (tertiary/aromatic N) is 2. The van der Waals surface area contributed by atoms with E-state index < -0.39 is 4.92 Å². The monoisotopic (exact) mass is 684 g/mol. The molecule has 0 saturated carbocycles. The number of non-ortho nitro benzene ring substituents is 1. The SMILES string of the molecule is CCCCCCCCCCCN1Cc2cc(OC)c(Br)c3c2[C@@]2(C[C@H]1CO)[C@H](C)CC(NNc1ccc([N+](=O)[O-])cc1)=C[C@H]2O3. The average Bonchev–Trinajstić information content (AvgIpc) is 3.31. The molecule has 0 radical (unpaired) electrons. The minimum absolute atomic E-state index is 0.0249. The van der Waals surface area contributed by atoms with Crippen LogP contribution >= 0.6 is 15.9 Å². The summed E-state index contributed by atoms with van der Waals surface area (Å²) in [5.41, 5.74) is 10.5. The van der Waals surface area contributed by atoms with Crippen molar-refractivity contribution in [2.24, 2.45) is 5.92 Å². The third-order valence-corrected chi connectivity index (χ3v) is 10.9. The number of unbranched alkanes of at least 4 members (excludes halogenated alkanes) is 8. The number of halogens is 1. The standard InChI is InChI=1S/C35H49BrN4O5/c1-4-5-6-7-8-9-10-11-12-17-39-22-25-19-30(44-3)33(36)34-32(25)35(21-29(39)23-41)24(2)18-27(20-31(35)45-34)38-37-26-13-15-28(16-14-26)40(42)43/h13-16,19-20,24,29,31,37-38,41H,4-12,17-18,21-23H2,1-3H3/t24-,29+,31-,35+/m1/s1. The first-order valence-electron chi connectivity index (χ1n) is 16.7. The second-order valence-corrected chi connectivity index (χ2v) is 13.8. The van der Waals surface area contributed by atoms with Crippen LogP contribution in [0.2, 0.25) is 0 Å². The molecule has 5 rings (SSSR count). The fraction of sp³-hybridized carbons (Fsp3) is 0.600. The molecule has 4 atom stereocenters. The Morgan fingerprint density at radius 3 is 2.44 bits per heavy atom. The lowest BCUT2D eigenvalue weighted by atomic mass is 9.60. The second-order valence-electron chi connectivity index (χ2n) is 13.0. The van der Waals surface area contributed by atoms with Crippen LogP contribution < -0.4 is 20.3 Å². The number of nitro benzene ring substituents is 1. The maximum Gasteiger partial charge on any atom is 0.269 e. The minimum atomic E-state index is -0.400. The Morgan fingerprint density at radius 1 is 1.11 bits per heavy atom. The van der Waals surface area contributed by atoms with Crippen molar-refractivity contribution in [2.45, 2.75) is 109 Å². The highest BCUT2D eigenvalue weighted by Crippen LogP contribution is 2.60. The van der Waals surface area contributed by atoms with E-state index in [1.54, 1.807) is 19.2 Å². The van der Waals surface area contributed by atoms with Gasteiger partial charge in [-0.25, -0.2) is 0 Å². The zero-order chi connectivity index (χ0) is 32.0. The smallest absolute Gasteiger partial charge is 0.269 e. The predicted octanol–water partition coefficient (Wildman–Crippen LogP) is 8.00. The molecule has 9 nitrogen and oxygen atoms in total. The van der Waals surface area contributed by atoms with Gasteiger partial charge in [0, 0.05) is 41.4 Å². The highest BCUT2D eigenvalue weighted by Gasteiger charge is 2.58. The number of aliphatic hydroxyl groups is 1. The molecular weight excluding hydrogens is 636 g/mol. The van der Waals surface area contributed by atoms with Crippen LogP contribution in [-0.4, -0.2) is 47.3 Å². The summed E-state index contributed by atoms with van der Waals surface area (Å²) in [5, 5.41) is 21.8. The zero-order valence-electron chi connectivity index (χ0n) is 26.9. The quantitative estimate of drug-likeness (QED) is 0.0927. The van der Waals surface area contributed by atoms with Crippen molar-refractivity contribution in [2.75, 3.05) is 25.7 Å². The fourth-order valence-corrected chi connectivity index (χ4v) is 8.24. The van der Waals surface area contributed by atoms with Crippen LogP contribution in [0.3, 0.4) is 0 Å². The van der Waals surface area contributed by atoms with Gasteiger partial charge in [0.15, 0.2) is 0 Å². The van der Waals surface area contributed by atoms with E-state index in [4.69, 9.17) is 9.47 Å². The Kier molecular flexibility index (Phi) is 11.3. The molecule has 2 aromatic carbocycles. The van der Waals surface area contributed by atoms with Crippen LogP contribution in [0.1, 0.15) is 95.6 Å². The van der Waals surface area contributed by atoms with Gasteiger partial charge in [0.2, 0.25) is 0 Å². The Bertz CT molecular complexity index is 1350. The Morgan fingerprint density at radius 2 is 1.80 bits per heavy atom. The molecule has 2 aromatic rings. The summed E-state index contributed by atoms with van der Waals surface area (Å²) in [7, 11) is 1.69. The molecule has 1 aliphatic carbocycles. The van der Waals surface area contributed by atoms with Crippen LogP contribution in [-0.2, 0) is 12.0 Å². The number of benzene rings is 2. The minimum Gasteiger partial charge on any atom is -0.495 e. The number of hydrazine groups is 1. The Balaban J connectivity index is 1.34. The first-order valence-corrected chi connectivity index (χ1v) is 17.5. The highest BCUT2D eigenvalue weighted by atomic mass is 79.9. The van der Waals surface area contributed by atoms with Crippen LogP contribution in [0.4, 0.5) is 11.4 Å². The molecule has 45 heavy (non-hydrogen) atoms. The van der Waals surface area contributed by atoms with Gasteiger partial charge in [0.05, 0.1) is 24.3 Å². The summed E-state index contributed by atoms with van der Waals surface area (Å²) in [6, 6.07) is 8.55. The van der Waals surface area contributed by atoms with Crippen molar-refractivity contribution in [1.29, 1.82) is 0 Å². The number of methoxy groups -OCH3 is 1. The van der Waals surface area contributed by atoms with Crippen molar-refractivity contribution < 1.29 is 19.5 Å². The molecule has 2 aliphatic heterocycles. The third-order valence-electron chi connectivity index (χ3n) is 10.1. The van der Waals surface area contributed by atoms with Gasteiger partial charge in [-0.15, -0.1) is 0 Å². The lowest BCUT2D eigenvalue weighted by Gasteiger charge is -2.44. The summed E-state index contributed by atoms with van der Waals surface area (Å²) in [6.07, 6.45) is 15.2. The van der Waals surface area contributed by atoms with Gasteiger partial charge in [-0.05, 0) is 77.5 Å². The molecule has 246 valence electrons. The van der Waals surface area contributed by atoms with Crippen molar-refractivity contribution in [3.8, 4) is 11.5 Å². The van der Waals surface area contributed by atoms with Gasteiger partial charge < -0.3 is 25.4 Å². The average molecular weight is 686 g/mol. The van der Waals surface area contributed by atoms with E-state index in [2.05, 4.69) is 57.7 Å². The number of anilines is 1. The van der Waals surface area contributed by atoms with Gasteiger partial charge in [-0.3, -0.25) is 15.0 Å². The van der Waals surface area contributed by atoms with Crippen LogP contribution in [0.5, 0.6) is 11.5 Å². The Hall–Kier alpha value is -2.82. The normalized spacial score (nSPS) is 23.8. The van der Waals surface area contributed by atoms with E-state index in [0.29, 0.717) is 0 Å². The highest BCUT2D eigenvalue weighted by molar-refractivity contribution is 9.10. The van der Waals surface area contributed by atoms with E-state index in [1.165, 1.54) is 74.6 Å².